The zero-order chi connectivity index (χ0) is 23.5. The Labute approximate surface area is 196 Å². The molecule has 2 heterocycles. The van der Waals surface area contributed by atoms with E-state index < -0.39 is 0 Å². The van der Waals surface area contributed by atoms with Crippen LogP contribution in [0.3, 0.4) is 0 Å². The van der Waals surface area contributed by atoms with Gasteiger partial charge in [-0.05, 0) is 42.8 Å². The molecule has 2 N–H and O–H groups in total. The summed E-state index contributed by atoms with van der Waals surface area (Å²) in [6.07, 6.45) is 0.362. The van der Waals surface area contributed by atoms with E-state index in [0.717, 1.165) is 16.3 Å². The molecule has 33 heavy (non-hydrogen) atoms. The molecule has 3 aromatic rings. The van der Waals surface area contributed by atoms with Crippen molar-refractivity contribution in [3.8, 4) is 0 Å². The van der Waals surface area contributed by atoms with E-state index in [1.807, 2.05) is 45.0 Å². The van der Waals surface area contributed by atoms with Crippen molar-refractivity contribution in [2.75, 3.05) is 22.1 Å². The lowest BCUT2D eigenvalue weighted by molar-refractivity contribution is -0.119. The Hall–Kier alpha value is -3.59. The van der Waals surface area contributed by atoms with Crippen LogP contribution < -0.4 is 15.5 Å². The van der Waals surface area contributed by atoms with E-state index in [9.17, 15) is 14.4 Å². The van der Waals surface area contributed by atoms with E-state index in [4.69, 9.17) is 0 Å². The number of hydrogen-bond acceptors (Lipinski definition) is 6. The Morgan fingerprint density at radius 1 is 1.06 bits per heavy atom. The smallest absolute Gasteiger partial charge is 0.257 e. The van der Waals surface area contributed by atoms with Crippen LogP contribution in [0.15, 0.2) is 48.5 Å². The molecule has 1 atom stereocenters. The van der Waals surface area contributed by atoms with Crippen molar-refractivity contribution >= 4 is 45.6 Å². The van der Waals surface area contributed by atoms with Gasteiger partial charge < -0.3 is 10.2 Å². The van der Waals surface area contributed by atoms with Crippen molar-refractivity contribution in [2.24, 2.45) is 5.92 Å². The van der Waals surface area contributed by atoms with Crippen molar-refractivity contribution < 1.29 is 14.4 Å². The van der Waals surface area contributed by atoms with Gasteiger partial charge in [0.15, 0.2) is 0 Å². The first-order valence-electron chi connectivity index (χ1n) is 10.7. The molecule has 0 spiro atoms. The molecule has 0 saturated carbocycles. The third kappa shape index (κ3) is 5.09. The van der Waals surface area contributed by atoms with Crippen LogP contribution in [0.25, 0.3) is 0 Å². The standard InChI is InChI=1S/C24H25N5O3S/c1-14(2)21(31)25-18-10-8-16(9-11-18)22(32)26-24-28-27-23(33-24)17-12-20(30)29(13-17)19-7-5-4-6-15(19)3/h4-11,14,17H,12-13H2,1-3H3,(H,25,31)(H,26,28,32)/t17-/m1/s1. The summed E-state index contributed by atoms with van der Waals surface area (Å²) in [6, 6.07) is 14.5. The normalized spacial score (nSPS) is 15.7. The van der Waals surface area contributed by atoms with Crippen molar-refractivity contribution in [3.63, 3.8) is 0 Å². The molecule has 0 bridgehead atoms. The maximum atomic E-state index is 12.6. The molecule has 8 nitrogen and oxygen atoms in total. The van der Waals surface area contributed by atoms with E-state index in [1.54, 1.807) is 29.2 Å². The highest BCUT2D eigenvalue weighted by Crippen LogP contribution is 2.35. The molecule has 170 valence electrons. The Morgan fingerprint density at radius 2 is 1.79 bits per heavy atom. The summed E-state index contributed by atoms with van der Waals surface area (Å²) >= 11 is 1.28. The summed E-state index contributed by atoms with van der Waals surface area (Å²) in [5.41, 5.74) is 3.03. The lowest BCUT2D eigenvalue weighted by Crippen LogP contribution is -2.25. The van der Waals surface area contributed by atoms with Crippen LogP contribution in [0.2, 0.25) is 0 Å². The van der Waals surface area contributed by atoms with Crippen LogP contribution in [-0.4, -0.2) is 34.5 Å². The minimum absolute atomic E-state index is 0.0553. The van der Waals surface area contributed by atoms with Gasteiger partial charge in [-0.3, -0.25) is 19.7 Å². The predicted octanol–water partition coefficient (Wildman–Crippen LogP) is 4.21. The minimum atomic E-state index is -0.316. The second-order valence-electron chi connectivity index (χ2n) is 8.31. The molecule has 0 radical (unpaired) electrons. The van der Waals surface area contributed by atoms with Gasteiger partial charge in [-0.2, -0.15) is 0 Å². The minimum Gasteiger partial charge on any atom is -0.326 e. The van der Waals surface area contributed by atoms with E-state index >= 15 is 0 Å². The average molecular weight is 464 g/mol. The van der Waals surface area contributed by atoms with Crippen molar-refractivity contribution in [1.82, 2.24) is 10.2 Å². The number of aromatic nitrogens is 2. The number of benzene rings is 2. The predicted molar refractivity (Wildman–Crippen MR) is 129 cm³/mol. The van der Waals surface area contributed by atoms with E-state index in [-0.39, 0.29) is 29.6 Å². The van der Waals surface area contributed by atoms with Gasteiger partial charge in [0.05, 0.1) is 0 Å². The fraction of sp³-hybridized carbons (Fsp3) is 0.292. The number of anilines is 3. The number of rotatable bonds is 6. The first-order chi connectivity index (χ1) is 15.8. The third-order valence-corrected chi connectivity index (χ3v) is 6.48. The number of nitrogens with one attached hydrogen (secondary N) is 2. The van der Waals surface area contributed by atoms with Crippen molar-refractivity contribution in [1.29, 1.82) is 0 Å². The van der Waals surface area contributed by atoms with Crippen LogP contribution in [0.1, 0.15) is 47.1 Å². The third-order valence-electron chi connectivity index (χ3n) is 5.48. The molecule has 1 aromatic heterocycles. The SMILES string of the molecule is Cc1ccccc1N1C[C@H](c2nnc(NC(=O)c3ccc(NC(=O)C(C)C)cc3)s2)CC1=O. The molecule has 1 saturated heterocycles. The molecule has 1 aliphatic heterocycles. The molecule has 2 aromatic carbocycles. The number of para-hydroxylation sites is 1. The zero-order valence-corrected chi connectivity index (χ0v) is 19.5. The number of amides is 3. The average Bonchev–Trinajstić information content (AvgIpc) is 3.41. The topological polar surface area (TPSA) is 104 Å². The first kappa shape index (κ1) is 22.6. The van der Waals surface area contributed by atoms with E-state index in [2.05, 4.69) is 20.8 Å². The van der Waals surface area contributed by atoms with Crippen LogP contribution in [0.5, 0.6) is 0 Å². The molecule has 9 heteroatoms. The quantitative estimate of drug-likeness (QED) is 0.570. The van der Waals surface area contributed by atoms with Gasteiger partial charge in [-0.1, -0.05) is 43.4 Å². The highest BCUT2D eigenvalue weighted by atomic mass is 32.1. The Kier molecular flexibility index (Phi) is 6.50. The second-order valence-corrected chi connectivity index (χ2v) is 9.32. The van der Waals surface area contributed by atoms with Gasteiger partial charge >= 0.3 is 0 Å². The molecule has 1 aliphatic rings. The van der Waals surface area contributed by atoms with Gasteiger partial charge in [0.2, 0.25) is 16.9 Å². The van der Waals surface area contributed by atoms with E-state index in [0.29, 0.717) is 29.3 Å². The lowest BCUT2D eigenvalue weighted by Gasteiger charge is -2.18. The highest BCUT2D eigenvalue weighted by Gasteiger charge is 2.34. The fourth-order valence-corrected chi connectivity index (χ4v) is 4.41. The summed E-state index contributed by atoms with van der Waals surface area (Å²) in [4.78, 5) is 38.8. The first-order valence-corrected chi connectivity index (χ1v) is 11.5. The summed E-state index contributed by atoms with van der Waals surface area (Å²) in [5.74, 6) is -0.536. The van der Waals surface area contributed by atoms with Crippen LogP contribution >= 0.6 is 11.3 Å². The van der Waals surface area contributed by atoms with Crippen LogP contribution in [0.4, 0.5) is 16.5 Å². The number of carbonyl (C=O) groups is 3. The molecule has 0 unspecified atom stereocenters. The molecular weight excluding hydrogens is 438 g/mol. The summed E-state index contributed by atoms with van der Waals surface area (Å²) in [5, 5.41) is 15.0. The second kappa shape index (κ2) is 9.50. The Bertz CT molecular complexity index is 1190. The summed E-state index contributed by atoms with van der Waals surface area (Å²) < 4.78 is 0. The molecular formula is C24H25N5O3S. The molecule has 4 rings (SSSR count). The van der Waals surface area contributed by atoms with Crippen molar-refractivity contribution in [3.05, 3.63) is 64.7 Å². The van der Waals surface area contributed by atoms with Gasteiger partial charge in [-0.15, -0.1) is 10.2 Å². The van der Waals surface area contributed by atoms with Gasteiger partial charge in [0, 0.05) is 41.7 Å². The zero-order valence-electron chi connectivity index (χ0n) is 18.7. The van der Waals surface area contributed by atoms with Crippen LogP contribution in [-0.2, 0) is 9.59 Å². The molecule has 1 fully saturated rings. The van der Waals surface area contributed by atoms with Crippen LogP contribution in [0, 0.1) is 12.8 Å². The summed E-state index contributed by atoms with van der Waals surface area (Å²) in [7, 11) is 0. The Morgan fingerprint density at radius 3 is 2.48 bits per heavy atom. The monoisotopic (exact) mass is 463 g/mol. The number of aryl methyl sites for hydroxylation is 1. The number of carbonyl (C=O) groups excluding carboxylic acids is 3. The van der Waals surface area contributed by atoms with Gasteiger partial charge in [0.25, 0.3) is 5.91 Å². The summed E-state index contributed by atoms with van der Waals surface area (Å²) in [6.45, 7) is 6.15. The maximum absolute atomic E-state index is 12.6. The largest absolute Gasteiger partial charge is 0.326 e. The number of nitrogens with zero attached hydrogens (tertiary/aromatic N) is 3. The molecule has 3 amide bonds. The number of hydrogen-bond donors (Lipinski definition) is 2. The van der Waals surface area contributed by atoms with E-state index in [1.165, 1.54) is 11.3 Å². The van der Waals surface area contributed by atoms with Gasteiger partial charge in [-0.25, -0.2) is 0 Å². The van der Waals surface area contributed by atoms with Gasteiger partial charge in [0.1, 0.15) is 5.01 Å². The fourth-order valence-electron chi connectivity index (χ4n) is 3.58. The Balaban J connectivity index is 1.39. The lowest BCUT2D eigenvalue weighted by atomic mass is 10.1. The van der Waals surface area contributed by atoms with Crippen molar-refractivity contribution in [2.45, 2.75) is 33.1 Å². The highest BCUT2D eigenvalue weighted by molar-refractivity contribution is 7.15. The molecule has 0 aliphatic carbocycles. The maximum Gasteiger partial charge on any atom is 0.257 e.